The molecule has 0 aromatic carbocycles. The first kappa shape index (κ1) is 9.50. The molecular weight excluding hydrogens is 230 g/mol. The molecule has 1 heterocycles. The van der Waals surface area contributed by atoms with E-state index in [1.807, 2.05) is 0 Å². The lowest BCUT2D eigenvalue weighted by molar-refractivity contribution is -0.129. The molecule has 1 saturated carbocycles. The van der Waals surface area contributed by atoms with E-state index < -0.39 is 0 Å². The van der Waals surface area contributed by atoms with Gasteiger partial charge >= 0.3 is 0 Å². The topological polar surface area (TPSA) is 20.3 Å². The maximum atomic E-state index is 11.6. The van der Waals surface area contributed by atoms with Crippen molar-refractivity contribution in [3.8, 4) is 0 Å². The Hall–Kier alpha value is -0.0500. The molecule has 0 spiro atoms. The van der Waals surface area contributed by atoms with Crippen LogP contribution >= 0.6 is 15.9 Å². The summed E-state index contributed by atoms with van der Waals surface area (Å²) in [6.45, 7) is 0.995. The summed E-state index contributed by atoms with van der Waals surface area (Å²) in [6, 6.07) is 0.580. The van der Waals surface area contributed by atoms with Crippen molar-refractivity contribution in [3.05, 3.63) is 0 Å². The van der Waals surface area contributed by atoms with E-state index >= 15 is 0 Å². The van der Waals surface area contributed by atoms with Crippen LogP contribution < -0.4 is 0 Å². The van der Waals surface area contributed by atoms with Crippen LogP contribution in [-0.4, -0.2) is 28.7 Å². The predicted octanol–water partition coefficient (Wildman–Crippen LogP) is 2.17. The number of amides is 1. The summed E-state index contributed by atoms with van der Waals surface area (Å²) in [4.78, 5) is 13.8. The van der Waals surface area contributed by atoms with Gasteiger partial charge in [0.15, 0.2) is 0 Å². The minimum absolute atomic E-state index is 0.386. The molecule has 0 aromatic heterocycles. The zero-order valence-corrected chi connectivity index (χ0v) is 9.42. The van der Waals surface area contributed by atoms with Crippen molar-refractivity contribution in [2.24, 2.45) is 5.92 Å². The molecule has 13 heavy (non-hydrogen) atoms. The van der Waals surface area contributed by atoms with Crippen LogP contribution in [0.1, 0.15) is 32.1 Å². The molecule has 1 aliphatic heterocycles. The van der Waals surface area contributed by atoms with Gasteiger partial charge in [0.25, 0.3) is 0 Å². The number of hydrogen-bond donors (Lipinski definition) is 0. The van der Waals surface area contributed by atoms with E-state index in [1.165, 1.54) is 25.7 Å². The normalized spacial score (nSPS) is 30.4. The molecule has 0 aromatic rings. The Bertz CT molecular complexity index is 201. The van der Waals surface area contributed by atoms with Gasteiger partial charge in [-0.1, -0.05) is 28.8 Å². The fraction of sp³-hybridized carbons (Fsp3) is 0.900. The molecular formula is C10H16BrNO. The average molecular weight is 246 g/mol. The third kappa shape index (κ3) is 1.90. The molecule has 2 nitrogen and oxygen atoms in total. The van der Waals surface area contributed by atoms with Crippen LogP contribution in [-0.2, 0) is 4.79 Å². The molecule has 1 saturated heterocycles. The van der Waals surface area contributed by atoms with Crippen LogP contribution in [0.4, 0.5) is 0 Å². The zero-order chi connectivity index (χ0) is 9.26. The number of halogens is 1. The highest BCUT2D eigenvalue weighted by atomic mass is 79.9. The zero-order valence-electron chi connectivity index (χ0n) is 7.84. The van der Waals surface area contributed by atoms with Gasteiger partial charge < -0.3 is 4.90 Å². The summed E-state index contributed by atoms with van der Waals surface area (Å²) in [6.07, 6.45) is 5.87. The Kier molecular flexibility index (Phi) is 2.92. The summed E-state index contributed by atoms with van der Waals surface area (Å²) >= 11 is 3.46. The monoisotopic (exact) mass is 245 g/mol. The number of likely N-dealkylation sites (tertiary alicyclic amines) is 1. The van der Waals surface area contributed by atoms with Crippen molar-refractivity contribution in [1.82, 2.24) is 4.90 Å². The van der Waals surface area contributed by atoms with Gasteiger partial charge in [0.05, 0.1) is 0 Å². The third-order valence-corrected chi connectivity index (χ3v) is 4.14. The lowest BCUT2D eigenvalue weighted by Crippen LogP contribution is -2.34. The molecule has 0 bridgehead atoms. The van der Waals surface area contributed by atoms with Gasteiger partial charge in [-0.25, -0.2) is 0 Å². The molecule has 74 valence electrons. The number of alkyl halides is 1. The number of nitrogens with zero attached hydrogens (tertiary/aromatic N) is 1. The maximum Gasteiger partial charge on any atom is 0.223 e. The quantitative estimate of drug-likeness (QED) is 0.684. The highest BCUT2D eigenvalue weighted by Crippen LogP contribution is 2.29. The first-order chi connectivity index (χ1) is 6.31. The van der Waals surface area contributed by atoms with Crippen molar-refractivity contribution in [2.75, 3.05) is 11.9 Å². The van der Waals surface area contributed by atoms with Gasteiger partial charge in [-0.05, 0) is 18.8 Å². The molecule has 1 amide bonds. The largest absolute Gasteiger partial charge is 0.339 e. The van der Waals surface area contributed by atoms with Crippen molar-refractivity contribution < 1.29 is 4.79 Å². The van der Waals surface area contributed by atoms with Crippen molar-refractivity contribution in [1.29, 1.82) is 0 Å². The first-order valence-electron chi connectivity index (χ1n) is 5.16. The second-order valence-electron chi connectivity index (χ2n) is 4.21. The highest BCUT2D eigenvalue weighted by Gasteiger charge is 2.34. The molecule has 0 N–H and O–H groups in total. The lowest BCUT2D eigenvalue weighted by atomic mass is 10.1. The van der Waals surface area contributed by atoms with Crippen LogP contribution in [0.15, 0.2) is 0 Å². The predicted molar refractivity (Wildman–Crippen MR) is 55.9 cm³/mol. The van der Waals surface area contributed by atoms with Crippen molar-refractivity contribution in [3.63, 3.8) is 0 Å². The van der Waals surface area contributed by atoms with E-state index in [0.29, 0.717) is 17.9 Å². The molecule has 2 fully saturated rings. The summed E-state index contributed by atoms with van der Waals surface area (Å²) < 4.78 is 0. The first-order valence-corrected chi connectivity index (χ1v) is 6.29. The fourth-order valence-electron chi connectivity index (χ4n) is 2.48. The van der Waals surface area contributed by atoms with Crippen molar-refractivity contribution in [2.45, 2.75) is 38.1 Å². The van der Waals surface area contributed by atoms with Crippen LogP contribution in [0.3, 0.4) is 0 Å². The van der Waals surface area contributed by atoms with Crippen LogP contribution in [0, 0.1) is 5.92 Å². The van der Waals surface area contributed by atoms with Gasteiger partial charge in [-0.15, -0.1) is 0 Å². The number of carbonyl (C=O) groups is 1. The van der Waals surface area contributed by atoms with Crippen LogP contribution in [0.2, 0.25) is 0 Å². The minimum atomic E-state index is 0.386. The summed E-state index contributed by atoms with van der Waals surface area (Å²) in [7, 11) is 0. The fourth-order valence-corrected chi connectivity index (χ4v) is 2.91. The number of rotatable bonds is 2. The average Bonchev–Trinajstić information content (AvgIpc) is 2.72. The van der Waals surface area contributed by atoms with E-state index in [-0.39, 0.29) is 0 Å². The smallest absolute Gasteiger partial charge is 0.223 e. The SMILES string of the molecule is O=C1CC(CBr)CN1C1CCCC1. The molecule has 1 atom stereocenters. The van der Waals surface area contributed by atoms with Gasteiger partial charge in [0.2, 0.25) is 5.91 Å². The van der Waals surface area contributed by atoms with Crippen molar-refractivity contribution >= 4 is 21.8 Å². The maximum absolute atomic E-state index is 11.6. The second kappa shape index (κ2) is 3.99. The molecule has 1 unspecified atom stereocenters. The second-order valence-corrected chi connectivity index (χ2v) is 4.86. The van der Waals surface area contributed by atoms with E-state index in [1.54, 1.807) is 0 Å². The van der Waals surface area contributed by atoms with Gasteiger partial charge in [-0.3, -0.25) is 4.79 Å². The molecule has 2 rings (SSSR count). The number of carbonyl (C=O) groups excluding carboxylic acids is 1. The van der Waals surface area contributed by atoms with Crippen LogP contribution in [0.5, 0.6) is 0 Å². The Morgan fingerprint density at radius 3 is 2.62 bits per heavy atom. The number of hydrogen-bond acceptors (Lipinski definition) is 1. The highest BCUT2D eigenvalue weighted by molar-refractivity contribution is 9.09. The summed E-state index contributed by atoms with van der Waals surface area (Å²) in [5, 5.41) is 0.974. The third-order valence-electron chi connectivity index (χ3n) is 3.22. The Labute approximate surface area is 87.8 Å². The molecule has 1 aliphatic carbocycles. The van der Waals surface area contributed by atoms with E-state index in [9.17, 15) is 4.79 Å². The van der Waals surface area contributed by atoms with Gasteiger partial charge in [0.1, 0.15) is 0 Å². The van der Waals surface area contributed by atoms with E-state index in [4.69, 9.17) is 0 Å². The molecule has 3 heteroatoms. The minimum Gasteiger partial charge on any atom is -0.339 e. The molecule has 0 radical (unpaired) electrons. The Morgan fingerprint density at radius 1 is 1.38 bits per heavy atom. The lowest BCUT2D eigenvalue weighted by Gasteiger charge is -2.23. The van der Waals surface area contributed by atoms with Gasteiger partial charge in [-0.2, -0.15) is 0 Å². The standard InChI is InChI=1S/C10H16BrNO/c11-6-8-5-10(13)12(7-8)9-3-1-2-4-9/h8-9H,1-7H2. The summed E-state index contributed by atoms with van der Waals surface area (Å²) in [5.74, 6) is 0.949. The van der Waals surface area contributed by atoms with E-state index in [2.05, 4.69) is 20.8 Å². The Balaban J connectivity index is 1.95. The van der Waals surface area contributed by atoms with E-state index in [0.717, 1.165) is 18.3 Å². The Morgan fingerprint density at radius 2 is 2.08 bits per heavy atom. The summed E-state index contributed by atoms with van der Waals surface area (Å²) in [5.41, 5.74) is 0. The molecule has 2 aliphatic rings. The van der Waals surface area contributed by atoms with Gasteiger partial charge in [0, 0.05) is 24.3 Å². The van der Waals surface area contributed by atoms with Crippen LogP contribution in [0.25, 0.3) is 0 Å².